The first kappa shape index (κ1) is 19.5. The molecule has 4 rings (SSSR count). The van der Waals surface area contributed by atoms with Crippen LogP contribution in [0.4, 0.5) is 5.95 Å². The van der Waals surface area contributed by atoms with Gasteiger partial charge in [-0.25, -0.2) is 9.19 Å². The molecule has 0 radical (unpaired) electrons. The van der Waals surface area contributed by atoms with Crippen LogP contribution in [0.2, 0.25) is 0 Å². The fourth-order valence-electron chi connectivity index (χ4n) is 5.03. The first-order valence-corrected chi connectivity index (χ1v) is 11.9. The van der Waals surface area contributed by atoms with Crippen molar-refractivity contribution in [3.63, 3.8) is 0 Å². The molecule has 0 aromatic carbocycles. The lowest BCUT2D eigenvalue weighted by atomic mass is 9.68. The minimum atomic E-state index is -1.28. The Labute approximate surface area is 176 Å². The third kappa shape index (κ3) is 3.50. The van der Waals surface area contributed by atoms with Crippen LogP contribution in [0.15, 0.2) is 12.5 Å². The zero-order chi connectivity index (χ0) is 19.2. The Morgan fingerprint density at radius 1 is 1.37 bits per heavy atom. The summed E-state index contributed by atoms with van der Waals surface area (Å²) >= 11 is 2.25. The molecule has 27 heavy (non-hydrogen) atoms. The van der Waals surface area contributed by atoms with E-state index in [0.717, 1.165) is 47.5 Å². The zero-order valence-electron chi connectivity index (χ0n) is 15.9. The maximum absolute atomic E-state index is 11.9. The van der Waals surface area contributed by atoms with Crippen molar-refractivity contribution in [2.75, 3.05) is 18.0 Å². The number of rotatable bonds is 4. The Kier molecular flexibility index (Phi) is 5.21. The summed E-state index contributed by atoms with van der Waals surface area (Å²) in [5, 5.41) is 14.0. The van der Waals surface area contributed by atoms with Gasteiger partial charge in [-0.2, -0.15) is 0 Å². The fraction of sp³-hybridized carbons (Fsp3) is 0.722. The van der Waals surface area contributed by atoms with Crippen molar-refractivity contribution in [2.45, 2.75) is 57.1 Å². The van der Waals surface area contributed by atoms with Gasteiger partial charge in [-0.05, 0) is 79.9 Å². The number of hydrogen-bond donors (Lipinski definition) is 1. The molecule has 0 bridgehead atoms. The number of piperidine rings is 1. The van der Waals surface area contributed by atoms with Crippen molar-refractivity contribution in [3.05, 3.63) is 16.1 Å². The van der Waals surface area contributed by atoms with Crippen LogP contribution in [-0.2, 0) is 11.0 Å². The second kappa shape index (κ2) is 7.22. The average Bonchev–Trinajstić information content (AvgIpc) is 3.25. The van der Waals surface area contributed by atoms with Crippen LogP contribution < -0.4 is 10.0 Å². The topological polar surface area (TPSA) is 89.4 Å². The molecule has 3 heterocycles. The lowest BCUT2D eigenvalue weighted by Gasteiger charge is -2.45. The molecule has 2 aromatic heterocycles. The van der Waals surface area contributed by atoms with Crippen molar-refractivity contribution in [3.8, 4) is 0 Å². The van der Waals surface area contributed by atoms with Gasteiger partial charge in [0.2, 0.25) is 5.95 Å². The lowest BCUT2D eigenvalue weighted by molar-refractivity contribution is 0.133. The van der Waals surface area contributed by atoms with Gasteiger partial charge in [0.15, 0.2) is 5.65 Å². The molecule has 2 aromatic rings. The molecule has 0 amide bonds. The second-order valence-electron chi connectivity index (χ2n) is 8.63. The van der Waals surface area contributed by atoms with E-state index in [1.54, 1.807) is 6.33 Å². The average molecular weight is 502 g/mol. The molecule has 9 heteroatoms. The molecule has 7 nitrogen and oxygen atoms in total. The van der Waals surface area contributed by atoms with Crippen LogP contribution in [0, 0.1) is 14.9 Å². The van der Waals surface area contributed by atoms with E-state index in [1.807, 2.05) is 24.4 Å². The minimum Gasteiger partial charge on any atom is -0.342 e. The number of halogens is 1. The van der Waals surface area contributed by atoms with E-state index in [9.17, 15) is 4.21 Å². The van der Waals surface area contributed by atoms with Crippen LogP contribution in [0.1, 0.15) is 52.4 Å². The summed E-state index contributed by atoms with van der Waals surface area (Å²) in [4.78, 5) is 7.02. The predicted octanol–water partition coefficient (Wildman–Crippen LogP) is 2.91. The molecular formula is C18H27IN6OS. The van der Waals surface area contributed by atoms with Crippen LogP contribution in [0.25, 0.3) is 5.65 Å². The standard InChI is InChI=1S/C18H27IN6OS/c1-17(2,27(20)26)10-13-4-3-5-18(13)6-8-24(9-7-18)16-21-11-14(19)15-23-22-12-25(15)16/h11-13H,3-10,20H2,1-2H3/t13-,27?/m1/s1. The van der Waals surface area contributed by atoms with Crippen molar-refractivity contribution >= 4 is 45.2 Å². The fourth-order valence-corrected chi connectivity index (χ4v) is 5.90. The van der Waals surface area contributed by atoms with Gasteiger partial charge in [0.1, 0.15) is 6.33 Å². The largest absolute Gasteiger partial charge is 0.342 e. The Bertz CT molecular complexity index is 861. The van der Waals surface area contributed by atoms with Gasteiger partial charge in [-0.3, -0.25) is 9.54 Å². The SMILES string of the molecule is CC(C)(C[C@H]1CCCC12CCN(c1ncc(I)c3nncn13)CC2)S(N)=O. The number of anilines is 1. The van der Waals surface area contributed by atoms with Crippen LogP contribution in [0.5, 0.6) is 0 Å². The highest BCUT2D eigenvalue weighted by atomic mass is 127. The van der Waals surface area contributed by atoms with E-state index in [4.69, 9.17) is 5.14 Å². The highest BCUT2D eigenvalue weighted by Gasteiger charge is 2.47. The summed E-state index contributed by atoms with van der Waals surface area (Å²) in [7, 11) is -1.28. The van der Waals surface area contributed by atoms with E-state index in [-0.39, 0.29) is 4.75 Å². The maximum Gasteiger partial charge on any atom is 0.212 e. The van der Waals surface area contributed by atoms with E-state index >= 15 is 0 Å². The van der Waals surface area contributed by atoms with Gasteiger partial charge in [0.25, 0.3) is 0 Å². The molecular weight excluding hydrogens is 475 g/mol. The van der Waals surface area contributed by atoms with Gasteiger partial charge in [-0.15, -0.1) is 10.2 Å². The van der Waals surface area contributed by atoms with Crippen LogP contribution in [-0.4, -0.2) is 41.6 Å². The van der Waals surface area contributed by atoms with E-state index < -0.39 is 11.0 Å². The van der Waals surface area contributed by atoms with Gasteiger partial charge in [0, 0.05) is 19.3 Å². The molecule has 1 aliphatic carbocycles. The first-order valence-electron chi connectivity index (χ1n) is 9.58. The molecule has 1 aliphatic heterocycles. The number of hydrogen-bond acceptors (Lipinski definition) is 5. The summed E-state index contributed by atoms with van der Waals surface area (Å²) in [6.07, 6.45) is 10.7. The normalized spacial score (nSPS) is 24.0. The summed E-state index contributed by atoms with van der Waals surface area (Å²) in [5.41, 5.74) is 1.23. The molecule has 2 N–H and O–H groups in total. The molecule has 2 fully saturated rings. The molecule has 1 spiro atoms. The monoisotopic (exact) mass is 502 g/mol. The van der Waals surface area contributed by atoms with Gasteiger partial charge in [-0.1, -0.05) is 6.42 Å². The van der Waals surface area contributed by atoms with Crippen molar-refractivity contribution in [1.82, 2.24) is 19.6 Å². The Morgan fingerprint density at radius 2 is 2.11 bits per heavy atom. The number of aromatic nitrogens is 4. The molecule has 1 saturated carbocycles. The zero-order valence-corrected chi connectivity index (χ0v) is 18.9. The first-order chi connectivity index (χ1) is 12.8. The van der Waals surface area contributed by atoms with Crippen molar-refractivity contribution in [1.29, 1.82) is 0 Å². The van der Waals surface area contributed by atoms with E-state index in [2.05, 4.69) is 42.7 Å². The summed E-state index contributed by atoms with van der Waals surface area (Å²) < 4.78 is 14.6. The molecule has 148 valence electrons. The predicted molar refractivity (Wildman–Crippen MR) is 116 cm³/mol. The van der Waals surface area contributed by atoms with Crippen molar-refractivity contribution in [2.24, 2.45) is 16.5 Å². The number of nitrogens with two attached hydrogens (primary N) is 1. The molecule has 1 unspecified atom stereocenters. The van der Waals surface area contributed by atoms with Gasteiger partial charge >= 0.3 is 0 Å². The van der Waals surface area contributed by atoms with Gasteiger partial charge < -0.3 is 4.90 Å². The maximum atomic E-state index is 11.9. The minimum absolute atomic E-state index is 0.314. The second-order valence-corrected chi connectivity index (χ2v) is 11.5. The van der Waals surface area contributed by atoms with E-state index in [1.165, 1.54) is 19.3 Å². The highest BCUT2D eigenvalue weighted by Crippen LogP contribution is 2.53. The molecule has 1 saturated heterocycles. The number of fused-ring (bicyclic) bond motifs is 1. The third-order valence-electron chi connectivity index (χ3n) is 6.69. The van der Waals surface area contributed by atoms with Gasteiger partial charge in [0.05, 0.1) is 19.3 Å². The Balaban J connectivity index is 1.51. The highest BCUT2D eigenvalue weighted by molar-refractivity contribution is 14.1. The molecule has 2 atom stereocenters. The summed E-state index contributed by atoms with van der Waals surface area (Å²) in [6.45, 7) is 6.07. The summed E-state index contributed by atoms with van der Waals surface area (Å²) in [5.74, 6) is 1.55. The van der Waals surface area contributed by atoms with E-state index in [0.29, 0.717) is 11.3 Å². The quantitative estimate of drug-likeness (QED) is 0.650. The van der Waals surface area contributed by atoms with Crippen molar-refractivity contribution < 1.29 is 4.21 Å². The Morgan fingerprint density at radius 3 is 2.81 bits per heavy atom. The molecule has 2 aliphatic rings. The number of nitrogens with zero attached hydrogens (tertiary/aromatic N) is 5. The van der Waals surface area contributed by atoms with Crippen LogP contribution >= 0.6 is 22.6 Å². The smallest absolute Gasteiger partial charge is 0.212 e. The third-order valence-corrected chi connectivity index (χ3v) is 8.71. The lowest BCUT2D eigenvalue weighted by Crippen LogP contribution is -2.45. The summed E-state index contributed by atoms with van der Waals surface area (Å²) in [6, 6.07) is 0. The Hall–Kier alpha value is -0.810. The van der Waals surface area contributed by atoms with Crippen LogP contribution in [0.3, 0.4) is 0 Å².